The number of thioether (sulfide) groups is 1. The van der Waals surface area contributed by atoms with Crippen LogP contribution in [0.5, 0.6) is 0 Å². The molecule has 0 bridgehead atoms. The number of anilines is 1. The third-order valence-electron chi connectivity index (χ3n) is 3.79. The number of benzene rings is 2. The Labute approximate surface area is 150 Å². The number of hydrogen-bond acceptors (Lipinski definition) is 2. The first kappa shape index (κ1) is 17.4. The standard InChI is InChI=1S/C17H13BrF3NOS/c1-10-7-13(5-6-14(10)18)22-15(23)9-24-16(22)11-3-2-4-12(8-11)17(19,20)21/h2-8,16H,9H2,1H3/t16-/m1/s1. The van der Waals surface area contributed by atoms with Crippen molar-refractivity contribution in [1.29, 1.82) is 0 Å². The van der Waals surface area contributed by atoms with Crippen LogP contribution in [-0.4, -0.2) is 11.7 Å². The normalized spacial score (nSPS) is 18.3. The molecule has 0 N–H and O–H groups in total. The number of carbonyl (C=O) groups is 1. The van der Waals surface area contributed by atoms with Gasteiger partial charge in [0, 0.05) is 10.2 Å². The van der Waals surface area contributed by atoms with Crippen LogP contribution in [-0.2, 0) is 11.0 Å². The minimum atomic E-state index is -4.40. The second-order valence-corrected chi connectivity index (χ2v) is 7.41. The van der Waals surface area contributed by atoms with Gasteiger partial charge in [0.25, 0.3) is 0 Å². The summed E-state index contributed by atoms with van der Waals surface area (Å²) in [5.74, 6) is 0.139. The molecule has 2 aromatic rings. The molecular formula is C17H13BrF3NOS. The van der Waals surface area contributed by atoms with Crippen molar-refractivity contribution >= 4 is 39.3 Å². The lowest BCUT2D eigenvalue weighted by Gasteiger charge is -2.25. The fourth-order valence-electron chi connectivity index (χ4n) is 2.60. The van der Waals surface area contributed by atoms with E-state index in [1.807, 2.05) is 19.1 Å². The second kappa shape index (κ2) is 6.44. The molecule has 2 aromatic carbocycles. The van der Waals surface area contributed by atoms with Crippen LogP contribution in [0.1, 0.15) is 22.1 Å². The summed E-state index contributed by atoms with van der Waals surface area (Å²) in [6, 6.07) is 10.7. The third kappa shape index (κ3) is 3.32. The van der Waals surface area contributed by atoms with Gasteiger partial charge in [0.15, 0.2) is 0 Å². The molecule has 1 heterocycles. The van der Waals surface area contributed by atoms with Crippen molar-refractivity contribution in [2.45, 2.75) is 18.5 Å². The average molecular weight is 416 g/mol. The second-order valence-electron chi connectivity index (χ2n) is 5.48. The van der Waals surface area contributed by atoms with E-state index in [-0.39, 0.29) is 11.7 Å². The topological polar surface area (TPSA) is 20.3 Å². The van der Waals surface area contributed by atoms with Gasteiger partial charge in [-0.1, -0.05) is 28.1 Å². The summed E-state index contributed by atoms with van der Waals surface area (Å²) < 4.78 is 39.8. The van der Waals surface area contributed by atoms with Gasteiger partial charge in [-0.15, -0.1) is 11.8 Å². The lowest BCUT2D eigenvalue weighted by Crippen LogP contribution is -2.28. The minimum Gasteiger partial charge on any atom is -0.295 e. The van der Waals surface area contributed by atoms with E-state index in [9.17, 15) is 18.0 Å². The molecule has 1 amide bonds. The Bertz CT molecular complexity index is 794. The summed E-state index contributed by atoms with van der Waals surface area (Å²) in [4.78, 5) is 13.9. The van der Waals surface area contributed by atoms with Crippen LogP contribution < -0.4 is 4.90 Å². The molecule has 7 heteroatoms. The van der Waals surface area contributed by atoms with E-state index < -0.39 is 17.1 Å². The molecule has 24 heavy (non-hydrogen) atoms. The molecule has 0 saturated carbocycles. The van der Waals surface area contributed by atoms with Crippen molar-refractivity contribution in [3.05, 3.63) is 63.6 Å². The molecule has 1 aliphatic heterocycles. The lowest BCUT2D eigenvalue weighted by molar-refractivity contribution is -0.137. The number of carbonyl (C=O) groups excluding carboxylic acids is 1. The monoisotopic (exact) mass is 415 g/mol. The molecule has 1 saturated heterocycles. The first-order valence-electron chi connectivity index (χ1n) is 7.14. The SMILES string of the molecule is Cc1cc(N2C(=O)CS[C@@H]2c2cccc(C(F)(F)F)c2)ccc1Br. The van der Waals surface area contributed by atoms with Gasteiger partial charge in [-0.25, -0.2) is 0 Å². The number of nitrogens with zero attached hydrogens (tertiary/aromatic N) is 1. The Balaban J connectivity index is 2.01. The highest BCUT2D eigenvalue weighted by atomic mass is 79.9. The summed E-state index contributed by atoms with van der Waals surface area (Å²) in [6.45, 7) is 1.90. The molecule has 2 nitrogen and oxygen atoms in total. The average Bonchev–Trinajstić information content (AvgIpc) is 2.91. The van der Waals surface area contributed by atoms with E-state index in [0.717, 1.165) is 22.2 Å². The Morgan fingerprint density at radius 1 is 1.21 bits per heavy atom. The molecule has 1 fully saturated rings. The van der Waals surface area contributed by atoms with E-state index in [2.05, 4.69) is 15.9 Å². The van der Waals surface area contributed by atoms with Crippen molar-refractivity contribution in [3.8, 4) is 0 Å². The summed E-state index contributed by atoms with van der Waals surface area (Å²) in [5.41, 5.74) is 1.42. The maximum Gasteiger partial charge on any atom is 0.416 e. The molecule has 0 unspecified atom stereocenters. The fraction of sp³-hybridized carbons (Fsp3) is 0.235. The molecular weight excluding hydrogens is 403 g/mol. The minimum absolute atomic E-state index is 0.107. The Kier molecular flexibility index (Phi) is 4.66. The molecule has 126 valence electrons. The number of alkyl halides is 3. The van der Waals surface area contributed by atoms with Gasteiger partial charge in [0.05, 0.1) is 11.3 Å². The molecule has 1 aliphatic rings. The van der Waals surface area contributed by atoms with Crippen LogP contribution in [0.15, 0.2) is 46.9 Å². The molecule has 0 aliphatic carbocycles. The van der Waals surface area contributed by atoms with Gasteiger partial charge in [0.1, 0.15) is 5.37 Å². The smallest absolute Gasteiger partial charge is 0.295 e. The number of rotatable bonds is 2. The number of halogens is 4. The number of amides is 1. The van der Waals surface area contributed by atoms with Crippen LogP contribution in [0.3, 0.4) is 0 Å². The van der Waals surface area contributed by atoms with Crippen molar-refractivity contribution in [2.24, 2.45) is 0 Å². The molecule has 3 rings (SSSR count). The van der Waals surface area contributed by atoms with E-state index in [0.29, 0.717) is 11.3 Å². The molecule has 0 radical (unpaired) electrons. The van der Waals surface area contributed by atoms with Crippen molar-refractivity contribution < 1.29 is 18.0 Å². The van der Waals surface area contributed by atoms with Gasteiger partial charge < -0.3 is 0 Å². The summed E-state index contributed by atoms with van der Waals surface area (Å²) in [6.07, 6.45) is -4.40. The molecule has 0 spiro atoms. The van der Waals surface area contributed by atoms with E-state index in [4.69, 9.17) is 0 Å². The maximum atomic E-state index is 13.0. The predicted octanol–water partition coefficient (Wildman–Crippen LogP) is 5.55. The highest BCUT2D eigenvalue weighted by Crippen LogP contribution is 2.43. The van der Waals surface area contributed by atoms with Gasteiger partial charge in [0.2, 0.25) is 5.91 Å². The van der Waals surface area contributed by atoms with Crippen LogP contribution in [0, 0.1) is 6.92 Å². The van der Waals surface area contributed by atoms with E-state index in [1.54, 1.807) is 17.0 Å². The zero-order valence-electron chi connectivity index (χ0n) is 12.6. The number of aryl methyl sites for hydroxylation is 1. The van der Waals surface area contributed by atoms with Crippen LogP contribution in [0.25, 0.3) is 0 Å². The summed E-state index contributed by atoms with van der Waals surface area (Å²) in [5, 5.41) is -0.458. The van der Waals surface area contributed by atoms with Crippen molar-refractivity contribution in [3.63, 3.8) is 0 Å². The summed E-state index contributed by atoms with van der Waals surface area (Å²) >= 11 is 4.74. The highest BCUT2D eigenvalue weighted by Gasteiger charge is 2.36. The zero-order valence-corrected chi connectivity index (χ0v) is 15.0. The van der Waals surface area contributed by atoms with E-state index in [1.165, 1.54) is 17.8 Å². The summed E-state index contributed by atoms with van der Waals surface area (Å²) in [7, 11) is 0. The third-order valence-corrected chi connectivity index (χ3v) is 5.89. The maximum absolute atomic E-state index is 13.0. The van der Waals surface area contributed by atoms with E-state index >= 15 is 0 Å². The van der Waals surface area contributed by atoms with Gasteiger partial charge in [-0.2, -0.15) is 13.2 Å². The molecule has 1 atom stereocenters. The quantitative estimate of drug-likeness (QED) is 0.640. The highest BCUT2D eigenvalue weighted by molar-refractivity contribution is 9.10. The van der Waals surface area contributed by atoms with Crippen molar-refractivity contribution in [1.82, 2.24) is 0 Å². The van der Waals surface area contributed by atoms with Gasteiger partial charge in [-0.3, -0.25) is 9.69 Å². The van der Waals surface area contributed by atoms with Crippen LogP contribution in [0.4, 0.5) is 18.9 Å². The largest absolute Gasteiger partial charge is 0.416 e. The Morgan fingerprint density at radius 3 is 2.62 bits per heavy atom. The lowest BCUT2D eigenvalue weighted by atomic mass is 10.1. The van der Waals surface area contributed by atoms with Crippen molar-refractivity contribution in [2.75, 3.05) is 10.7 Å². The zero-order chi connectivity index (χ0) is 17.5. The van der Waals surface area contributed by atoms with Gasteiger partial charge in [-0.05, 0) is 48.4 Å². The first-order chi connectivity index (χ1) is 11.3. The fourth-order valence-corrected chi connectivity index (χ4v) is 4.01. The van der Waals surface area contributed by atoms with Crippen LogP contribution >= 0.6 is 27.7 Å². The Morgan fingerprint density at radius 2 is 1.96 bits per heavy atom. The predicted molar refractivity (Wildman–Crippen MR) is 93.0 cm³/mol. The van der Waals surface area contributed by atoms with Crippen LogP contribution in [0.2, 0.25) is 0 Å². The van der Waals surface area contributed by atoms with Gasteiger partial charge >= 0.3 is 6.18 Å². The number of hydrogen-bond donors (Lipinski definition) is 0. The first-order valence-corrected chi connectivity index (χ1v) is 8.98. The Hall–Kier alpha value is -1.47. The molecule has 0 aromatic heterocycles.